The van der Waals surface area contributed by atoms with Crippen molar-refractivity contribution >= 4 is 33.2 Å². The van der Waals surface area contributed by atoms with Crippen molar-refractivity contribution in [2.75, 3.05) is 23.9 Å². The number of sulfone groups is 1. The maximum atomic E-state index is 12.5. The number of anilines is 2. The van der Waals surface area contributed by atoms with Crippen LogP contribution in [0, 0.1) is 0 Å². The molecule has 0 spiro atoms. The molecular formula is C18H20N4O4S. The molecule has 1 aliphatic rings. The Labute approximate surface area is 157 Å². The van der Waals surface area contributed by atoms with Crippen molar-refractivity contribution in [3.05, 3.63) is 47.8 Å². The lowest BCUT2D eigenvalue weighted by Crippen LogP contribution is -2.37. The van der Waals surface area contributed by atoms with Gasteiger partial charge in [0.05, 0.1) is 17.1 Å². The molecule has 1 amide bonds. The van der Waals surface area contributed by atoms with E-state index in [-0.39, 0.29) is 29.2 Å². The number of Topliss-reactive ketones (excluding diaryl/α,β-unsaturated/α-hetero) is 1. The molecule has 1 aliphatic heterocycles. The summed E-state index contributed by atoms with van der Waals surface area (Å²) in [6.07, 6.45) is 3.25. The van der Waals surface area contributed by atoms with Crippen molar-refractivity contribution in [3.63, 3.8) is 0 Å². The van der Waals surface area contributed by atoms with Gasteiger partial charge in [-0.15, -0.1) is 0 Å². The molecule has 0 saturated carbocycles. The summed E-state index contributed by atoms with van der Waals surface area (Å²) in [5.74, 6) is 0.0887. The van der Waals surface area contributed by atoms with Crippen molar-refractivity contribution in [1.82, 2.24) is 14.9 Å². The Balaban J connectivity index is 1.66. The number of carbonyl (C=O) groups excluding carboxylic acids is 2. The lowest BCUT2D eigenvalue weighted by molar-refractivity contribution is 0.0746. The minimum Gasteiger partial charge on any atom is -0.338 e. The average molecular weight is 388 g/mol. The number of ketones is 1. The minimum absolute atomic E-state index is 0.00794. The number of rotatable bonds is 5. The van der Waals surface area contributed by atoms with E-state index in [2.05, 4.69) is 15.3 Å². The van der Waals surface area contributed by atoms with Crippen molar-refractivity contribution in [1.29, 1.82) is 0 Å². The van der Waals surface area contributed by atoms with Gasteiger partial charge in [0.1, 0.15) is 0 Å². The highest BCUT2D eigenvalue weighted by Gasteiger charge is 2.33. The van der Waals surface area contributed by atoms with E-state index < -0.39 is 9.84 Å². The van der Waals surface area contributed by atoms with Crippen LogP contribution in [0.1, 0.15) is 34.1 Å². The summed E-state index contributed by atoms with van der Waals surface area (Å²) in [6.45, 7) is 1.50. The Kier molecular flexibility index (Phi) is 5.22. The molecule has 1 atom stereocenters. The smallest absolute Gasteiger partial charge is 0.257 e. The quantitative estimate of drug-likeness (QED) is 0.776. The molecule has 27 heavy (non-hydrogen) atoms. The number of nitrogens with zero attached hydrogens (tertiary/aromatic N) is 3. The molecule has 142 valence electrons. The lowest BCUT2D eigenvalue weighted by Gasteiger charge is -2.23. The Morgan fingerprint density at radius 1 is 1.11 bits per heavy atom. The maximum Gasteiger partial charge on any atom is 0.257 e. The van der Waals surface area contributed by atoms with Crippen molar-refractivity contribution in [2.24, 2.45) is 0 Å². The van der Waals surface area contributed by atoms with Crippen LogP contribution in [0.15, 0.2) is 36.7 Å². The summed E-state index contributed by atoms with van der Waals surface area (Å²) in [4.78, 5) is 33.5. The highest BCUT2D eigenvalue weighted by molar-refractivity contribution is 7.91. The second kappa shape index (κ2) is 7.43. The molecule has 1 unspecified atom stereocenters. The van der Waals surface area contributed by atoms with E-state index in [1.165, 1.54) is 24.2 Å². The zero-order valence-corrected chi connectivity index (χ0v) is 15.9. The van der Waals surface area contributed by atoms with Gasteiger partial charge in [-0.25, -0.2) is 18.4 Å². The fraction of sp³-hybridized carbons (Fsp3) is 0.333. The normalized spacial score (nSPS) is 18.1. The Morgan fingerprint density at radius 2 is 1.74 bits per heavy atom. The number of hydrogen-bond donors (Lipinski definition) is 1. The number of amides is 1. The van der Waals surface area contributed by atoms with Crippen LogP contribution in [0.25, 0.3) is 0 Å². The highest BCUT2D eigenvalue weighted by Crippen LogP contribution is 2.19. The van der Waals surface area contributed by atoms with Crippen LogP contribution in [-0.4, -0.2) is 59.6 Å². The summed E-state index contributed by atoms with van der Waals surface area (Å²) < 4.78 is 23.2. The van der Waals surface area contributed by atoms with Gasteiger partial charge in [0.25, 0.3) is 5.91 Å². The van der Waals surface area contributed by atoms with Gasteiger partial charge in [-0.2, -0.15) is 0 Å². The largest absolute Gasteiger partial charge is 0.338 e. The molecule has 0 aliphatic carbocycles. The summed E-state index contributed by atoms with van der Waals surface area (Å²) in [7, 11) is -1.47. The second-order valence-electron chi connectivity index (χ2n) is 6.53. The third kappa shape index (κ3) is 4.48. The number of nitrogens with one attached hydrogen (secondary N) is 1. The molecule has 3 rings (SSSR count). The predicted molar refractivity (Wildman–Crippen MR) is 101 cm³/mol. The summed E-state index contributed by atoms with van der Waals surface area (Å²) in [6, 6.07) is 6.57. The van der Waals surface area contributed by atoms with Gasteiger partial charge in [0.15, 0.2) is 15.6 Å². The van der Waals surface area contributed by atoms with Crippen LogP contribution in [0.3, 0.4) is 0 Å². The zero-order valence-electron chi connectivity index (χ0n) is 15.0. The van der Waals surface area contributed by atoms with E-state index in [1.54, 1.807) is 31.3 Å². The van der Waals surface area contributed by atoms with Gasteiger partial charge < -0.3 is 10.2 Å². The van der Waals surface area contributed by atoms with Crippen LogP contribution >= 0.6 is 0 Å². The molecule has 0 radical (unpaired) electrons. The van der Waals surface area contributed by atoms with Crippen molar-refractivity contribution in [2.45, 2.75) is 19.4 Å². The average Bonchev–Trinajstić information content (AvgIpc) is 3.01. The number of aromatic nitrogens is 2. The molecule has 1 saturated heterocycles. The van der Waals surface area contributed by atoms with Crippen molar-refractivity contribution < 1.29 is 18.0 Å². The molecule has 0 bridgehead atoms. The summed E-state index contributed by atoms with van der Waals surface area (Å²) in [5.41, 5.74) is 1.62. The molecule has 1 fully saturated rings. The van der Waals surface area contributed by atoms with E-state index in [0.29, 0.717) is 29.2 Å². The summed E-state index contributed by atoms with van der Waals surface area (Å²) >= 11 is 0. The van der Waals surface area contributed by atoms with Gasteiger partial charge in [0.2, 0.25) is 5.95 Å². The first-order valence-electron chi connectivity index (χ1n) is 8.43. The SMILES string of the molecule is CC(=O)c1ccc(Nc2ncc(C(=O)N(C)C3CCS(=O)(=O)C3)cn2)cc1. The second-order valence-corrected chi connectivity index (χ2v) is 8.76. The molecule has 1 N–H and O–H groups in total. The van der Waals surface area contributed by atoms with Crippen LogP contribution < -0.4 is 5.32 Å². The Bertz CT molecular complexity index is 956. The van der Waals surface area contributed by atoms with E-state index in [9.17, 15) is 18.0 Å². The predicted octanol–water partition coefficient (Wildman–Crippen LogP) is 1.68. The van der Waals surface area contributed by atoms with Gasteiger partial charge in [-0.1, -0.05) is 0 Å². The molecule has 2 heterocycles. The minimum atomic E-state index is -3.06. The third-order valence-corrected chi connectivity index (χ3v) is 6.27. The van der Waals surface area contributed by atoms with Crippen LogP contribution in [0.2, 0.25) is 0 Å². The van der Waals surface area contributed by atoms with Crippen molar-refractivity contribution in [3.8, 4) is 0 Å². The maximum absolute atomic E-state index is 12.5. The lowest BCUT2D eigenvalue weighted by atomic mass is 10.1. The van der Waals surface area contributed by atoms with E-state index in [1.807, 2.05) is 0 Å². The zero-order chi connectivity index (χ0) is 19.6. The number of carbonyl (C=O) groups is 2. The van der Waals surface area contributed by atoms with Gasteiger partial charge in [-0.05, 0) is 37.6 Å². The number of hydrogen-bond acceptors (Lipinski definition) is 7. The van der Waals surface area contributed by atoms with Crippen LogP contribution in [0.4, 0.5) is 11.6 Å². The standard InChI is InChI=1S/C18H20N4O4S/c1-12(23)13-3-5-15(6-4-13)21-18-19-9-14(10-20-18)17(24)22(2)16-7-8-27(25,26)11-16/h3-6,9-10,16H,7-8,11H2,1-2H3,(H,19,20,21). The molecule has 8 nitrogen and oxygen atoms in total. The summed E-state index contributed by atoms with van der Waals surface area (Å²) in [5, 5.41) is 2.99. The first kappa shape index (κ1) is 19.0. The number of benzene rings is 1. The Morgan fingerprint density at radius 3 is 2.26 bits per heavy atom. The molecule has 2 aromatic rings. The first-order valence-corrected chi connectivity index (χ1v) is 10.2. The van der Waals surface area contributed by atoms with Crippen LogP contribution in [-0.2, 0) is 9.84 Å². The van der Waals surface area contributed by atoms with Crippen LogP contribution in [0.5, 0.6) is 0 Å². The monoisotopic (exact) mass is 388 g/mol. The van der Waals surface area contributed by atoms with E-state index in [4.69, 9.17) is 0 Å². The van der Waals surface area contributed by atoms with E-state index >= 15 is 0 Å². The van der Waals surface area contributed by atoms with Gasteiger partial charge in [-0.3, -0.25) is 9.59 Å². The van der Waals surface area contributed by atoms with Gasteiger partial charge >= 0.3 is 0 Å². The first-order chi connectivity index (χ1) is 12.7. The highest BCUT2D eigenvalue weighted by atomic mass is 32.2. The fourth-order valence-electron chi connectivity index (χ4n) is 2.87. The van der Waals surface area contributed by atoms with Gasteiger partial charge in [0, 0.05) is 36.7 Å². The third-order valence-electron chi connectivity index (χ3n) is 4.52. The molecule has 1 aromatic heterocycles. The Hall–Kier alpha value is -2.81. The molecular weight excluding hydrogens is 368 g/mol. The van der Waals surface area contributed by atoms with E-state index in [0.717, 1.165) is 0 Å². The topological polar surface area (TPSA) is 109 Å². The molecule has 9 heteroatoms. The fourth-order valence-corrected chi connectivity index (χ4v) is 4.65. The molecule has 1 aromatic carbocycles.